The van der Waals surface area contributed by atoms with Crippen molar-refractivity contribution >= 4 is 17.9 Å². The lowest BCUT2D eigenvalue weighted by Gasteiger charge is -2.38. The van der Waals surface area contributed by atoms with E-state index in [-0.39, 0.29) is 13.0 Å². The second kappa shape index (κ2) is 11.4. The van der Waals surface area contributed by atoms with Crippen molar-refractivity contribution in [1.29, 1.82) is 0 Å². The topological polar surface area (TPSA) is 108 Å². The van der Waals surface area contributed by atoms with Crippen LogP contribution in [0.1, 0.15) is 37.5 Å². The molecule has 0 amide bonds. The van der Waals surface area contributed by atoms with Crippen LogP contribution in [0.5, 0.6) is 0 Å². The Morgan fingerprint density at radius 3 is 1.69 bits per heavy atom. The van der Waals surface area contributed by atoms with E-state index in [2.05, 4.69) is 0 Å². The van der Waals surface area contributed by atoms with Gasteiger partial charge in [0.25, 0.3) is 0 Å². The van der Waals surface area contributed by atoms with Gasteiger partial charge in [-0.2, -0.15) is 0 Å². The first-order valence-corrected chi connectivity index (χ1v) is 11.1. The number of aliphatic hydroxyl groups is 1. The van der Waals surface area contributed by atoms with Gasteiger partial charge in [0.1, 0.15) is 24.9 Å². The number of hydrogen-bond donors (Lipinski definition) is 1. The molecule has 1 heterocycles. The average Bonchev–Trinajstić information content (AvgIpc) is 2.90. The molecule has 3 aromatic rings. The summed E-state index contributed by atoms with van der Waals surface area (Å²) >= 11 is 0. The minimum atomic E-state index is -1.32. The Morgan fingerprint density at radius 2 is 1.17 bits per heavy atom. The van der Waals surface area contributed by atoms with Gasteiger partial charge < -0.3 is 24.1 Å². The fourth-order valence-electron chi connectivity index (χ4n) is 3.59. The minimum Gasteiger partial charge on any atom is -0.459 e. The predicted octanol–water partition coefficient (Wildman–Crippen LogP) is 3.40. The van der Waals surface area contributed by atoms with Crippen molar-refractivity contribution in [2.75, 3.05) is 6.61 Å². The van der Waals surface area contributed by atoms with Crippen LogP contribution in [0.15, 0.2) is 91.0 Å². The molecule has 0 bridgehead atoms. The summed E-state index contributed by atoms with van der Waals surface area (Å²) in [5.74, 6) is -1.90. The Bertz CT molecular complexity index is 1130. The number of hydrogen-bond acceptors (Lipinski definition) is 8. The van der Waals surface area contributed by atoms with Gasteiger partial charge in [-0.3, -0.25) is 0 Å². The number of ether oxygens (including phenoxy) is 4. The van der Waals surface area contributed by atoms with E-state index in [1.54, 1.807) is 91.0 Å². The number of aliphatic hydroxyl groups excluding tert-OH is 1. The molecule has 0 aromatic heterocycles. The molecule has 0 spiro atoms. The molecule has 1 aliphatic heterocycles. The molecule has 180 valence electrons. The molecule has 0 radical (unpaired) electrons. The van der Waals surface area contributed by atoms with Crippen LogP contribution in [0.2, 0.25) is 0 Å². The fraction of sp³-hybridized carbons (Fsp3) is 0.222. The molecule has 0 aliphatic carbocycles. The van der Waals surface area contributed by atoms with Crippen molar-refractivity contribution in [1.82, 2.24) is 0 Å². The van der Waals surface area contributed by atoms with Crippen LogP contribution in [0.3, 0.4) is 0 Å². The molecule has 4 rings (SSSR count). The van der Waals surface area contributed by atoms with Crippen LogP contribution >= 0.6 is 0 Å². The summed E-state index contributed by atoms with van der Waals surface area (Å²) in [7, 11) is 0. The van der Waals surface area contributed by atoms with Gasteiger partial charge in [0.15, 0.2) is 0 Å². The maximum atomic E-state index is 12.6. The third kappa shape index (κ3) is 6.32. The smallest absolute Gasteiger partial charge is 0.340 e. The van der Waals surface area contributed by atoms with E-state index in [0.29, 0.717) is 16.7 Å². The van der Waals surface area contributed by atoms with Crippen molar-refractivity contribution in [3.63, 3.8) is 0 Å². The van der Waals surface area contributed by atoms with Crippen LogP contribution < -0.4 is 0 Å². The van der Waals surface area contributed by atoms with Crippen molar-refractivity contribution in [2.24, 2.45) is 0 Å². The lowest BCUT2D eigenvalue weighted by atomic mass is 10.0. The summed E-state index contributed by atoms with van der Waals surface area (Å²) in [5, 5.41) is 10.8. The summed E-state index contributed by atoms with van der Waals surface area (Å²) in [6, 6.07) is 25.0. The van der Waals surface area contributed by atoms with Gasteiger partial charge >= 0.3 is 17.9 Å². The minimum absolute atomic E-state index is 0.0958. The van der Waals surface area contributed by atoms with Gasteiger partial charge in [0, 0.05) is 0 Å². The van der Waals surface area contributed by atoms with Gasteiger partial charge in [-0.15, -0.1) is 0 Å². The summed E-state index contributed by atoms with van der Waals surface area (Å²) < 4.78 is 22.0. The molecule has 8 heteroatoms. The highest BCUT2D eigenvalue weighted by molar-refractivity contribution is 5.90. The van der Waals surface area contributed by atoms with Crippen LogP contribution in [0, 0.1) is 0 Å². The van der Waals surface area contributed by atoms with Crippen LogP contribution in [0.4, 0.5) is 0 Å². The highest BCUT2D eigenvalue weighted by atomic mass is 16.7. The van der Waals surface area contributed by atoms with E-state index in [9.17, 15) is 19.5 Å². The first-order valence-electron chi connectivity index (χ1n) is 11.1. The van der Waals surface area contributed by atoms with Crippen molar-refractivity contribution in [3.8, 4) is 0 Å². The molecule has 0 saturated carbocycles. The Balaban J connectivity index is 1.47. The average molecular weight is 476 g/mol. The predicted molar refractivity (Wildman–Crippen MR) is 124 cm³/mol. The highest BCUT2D eigenvalue weighted by Gasteiger charge is 2.42. The Morgan fingerprint density at radius 1 is 0.714 bits per heavy atom. The Labute approximate surface area is 202 Å². The van der Waals surface area contributed by atoms with Crippen molar-refractivity contribution in [3.05, 3.63) is 108 Å². The second-order valence-electron chi connectivity index (χ2n) is 7.88. The highest BCUT2D eigenvalue weighted by Crippen LogP contribution is 2.26. The molecule has 1 N–H and O–H groups in total. The van der Waals surface area contributed by atoms with Gasteiger partial charge in [0.05, 0.1) is 23.1 Å². The first-order chi connectivity index (χ1) is 17.0. The maximum Gasteiger partial charge on any atom is 0.340 e. The zero-order valence-electron chi connectivity index (χ0n) is 18.7. The van der Waals surface area contributed by atoms with Crippen molar-refractivity contribution < 1.29 is 38.4 Å². The summed E-state index contributed by atoms with van der Waals surface area (Å²) in [5.41, 5.74) is 0.945. The number of rotatable bonds is 7. The lowest BCUT2D eigenvalue weighted by Crippen LogP contribution is -2.53. The molecule has 4 atom stereocenters. The molecule has 0 unspecified atom stereocenters. The molecule has 1 fully saturated rings. The van der Waals surface area contributed by atoms with E-state index in [0.717, 1.165) is 0 Å². The zero-order valence-corrected chi connectivity index (χ0v) is 18.7. The Kier molecular flexibility index (Phi) is 7.87. The van der Waals surface area contributed by atoms with Gasteiger partial charge in [0.2, 0.25) is 6.29 Å². The molecule has 8 nitrogen and oxygen atoms in total. The second-order valence-corrected chi connectivity index (χ2v) is 7.88. The number of esters is 3. The molecule has 3 aromatic carbocycles. The maximum absolute atomic E-state index is 12.6. The first kappa shape index (κ1) is 24.1. The molecule has 35 heavy (non-hydrogen) atoms. The van der Waals surface area contributed by atoms with Crippen LogP contribution in [-0.4, -0.2) is 54.2 Å². The number of carbonyl (C=O) groups excluding carboxylic acids is 3. The molecule has 1 aliphatic rings. The molecule has 1 saturated heterocycles. The third-order valence-electron chi connectivity index (χ3n) is 5.42. The van der Waals surface area contributed by atoms with E-state index in [4.69, 9.17) is 18.9 Å². The summed E-state index contributed by atoms with van der Waals surface area (Å²) in [4.78, 5) is 37.5. The number of benzene rings is 3. The quantitative estimate of drug-likeness (QED) is 0.408. The summed E-state index contributed by atoms with van der Waals surface area (Å²) in [6.45, 7) is -0.340. The normalized spacial score (nSPS) is 21.5. The van der Waals surface area contributed by atoms with Crippen LogP contribution in [-0.2, 0) is 18.9 Å². The molecular weight excluding hydrogens is 452 g/mol. The third-order valence-corrected chi connectivity index (χ3v) is 5.42. The van der Waals surface area contributed by atoms with Crippen molar-refractivity contribution in [2.45, 2.75) is 31.0 Å². The zero-order chi connectivity index (χ0) is 24.6. The molecular formula is C27H24O8. The largest absolute Gasteiger partial charge is 0.459 e. The van der Waals surface area contributed by atoms with Gasteiger partial charge in [-0.25, -0.2) is 14.4 Å². The van der Waals surface area contributed by atoms with E-state index in [1.807, 2.05) is 0 Å². The lowest BCUT2D eigenvalue weighted by molar-refractivity contribution is -0.238. The standard InChI is InChI=1S/C27H24O8/c28-24-21(34-26(30)19-12-6-2-7-13-19)16-23(35-27(31)20-14-8-3-9-15-20)33-22(24)17-32-25(29)18-10-4-1-5-11-18/h1-15,21-24,28H,16-17H2/t21-,22-,23+,24-/m1/s1. The van der Waals surface area contributed by atoms with Gasteiger partial charge in [-0.1, -0.05) is 54.6 Å². The fourth-order valence-corrected chi connectivity index (χ4v) is 3.59. The van der Waals surface area contributed by atoms with E-state index >= 15 is 0 Å². The number of carbonyl (C=O) groups is 3. The van der Waals surface area contributed by atoms with E-state index < -0.39 is 42.5 Å². The monoisotopic (exact) mass is 476 g/mol. The van der Waals surface area contributed by atoms with Gasteiger partial charge in [-0.05, 0) is 36.4 Å². The SMILES string of the molecule is O=C(OC[C@H]1O[C@@H](OC(=O)c2ccccc2)C[C@@H](OC(=O)c2ccccc2)[C@H]1O)c1ccccc1. The Hall–Kier alpha value is -4.01. The summed E-state index contributed by atoms with van der Waals surface area (Å²) in [6.07, 6.45) is -4.72. The van der Waals surface area contributed by atoms with E-state index in [1.165, 1.54) is 0 Å². The van der Waals surface area contributed by atoms with Crippen LogP contribution in [0.25, 0.3) is 0 Å².